The summed E-state index contributed by atoms with van der Waals surface area (Å²) in [6, 6.07) is 18.4. The van der Waals surface area contributed by atoms with Crippen molar-refractivity contribution in [1.29, 1.82) is 0 Å². The summed E-state index contributed by atoms with van der Waals surface area (Å²) in [4.78, 5) is 29.4. The average molecular weight is 489 g/mol. The van der Waals surface area contributed by atoms with E-state index in [1.165, 1.54) is 0 Å². The van der Waals surface area contributed by atoms with Crippen LogP contribution in [0.3, 0.4) is 0 Å². The molecule has 8 nitrogen and oxygen atoms in total. The lowest BCUT2D eigenvalue weighted by Gasteiger charge is -2.33. The first-order chi connectivity index (χ1) is 17.5. The monoisotopic (exact) mass is 488 g/mol. The van der Waals surface area contributed by atoms with Crippen LogP contribution in [0.1, 0.15) is 53.1 Å². The Hall–Kier alpha value is -3.91. The van der Waals surface area contributed by atoms with Crippen molar-refractivity contribution in [3.63, 3.8) is 0 Å². The van der Waals surface area contributed by atoms with Crippen molar-refractivity contribution in [3.05, 3.63) is 93.5 Å². The summed E-state index contributed by atoms with van der Waals surface area (Å²) < 4.78 is 12.7. The van der Waals surface area contributed by atoms with Crippen LogP contribution in [-0.4, -0.2) is 40.7 Å². The first kappa shape index (κ1) is 25.2. The van der Waals surface area contributed by atoms with Gasteiger partial charge in [-0.2, -0.15) is 0 Å². The number of amides is 1. The number of para-hydroxylation sites is 1. The Morgan fingerprint density at radius 3 is 2.58 bits per heavy atom. The summed E-state index contributed by atoms with van der Waals surface area (Å²) in [7, 11) is 1.55. The maximum Gasteiger partial charge on any atom is 0.264 e. The van der Waals surface area contributed by atoms with E-state index in [1.54, 1.807) is 35.6 Å². The minimum Gasteiger partial charge on any atom is -0.496 e. The number of ether oxygens (including phenoxy) is 1. The highest BCUT2D eigenvalue weighted by atomic mass is 16.5. The molecule has 8 heteroatoms. The van der Waals surface area contributed by atoms with Gasteiger partial charge in [-0.25, -0.2) is 0 Å². The van der Waals surface area contributed by atoms with E-state index in [-0.39, 0.29) is 11.5 Å². The van der Waals surface area contributed by atoms with E-state index in [0.717, 1.165) is 5.56 Å². The lowest BCUT2D eigenvalue weighted by atomic mass is 10.0. The molecule has 0 saturated carbocycles. The zero-order chi connectivity index (χ0) is 25.7. The van der Waals surface area contributed by atoms with Gasteiger partial charge < -0.3 is 24.5 Å². The molecule has 1 atom stereocenters. The number of pyridine rings is 1. The van der Waals surface area contributed by atoms with E-state index < -0.39 is 6.04 Å². The molecular weight excluding hydrogens is 456 g/mol. The predicted molar refractivity (Wildman–Crippen MR) is 139 cm³/mol. The van der Waals surface area contributed by atoms with Crippen LogP contribution < -0.4 is 16.0 Å². The summed E-state index contributed by atoms with van der Waals surface area (Å²) in [6.45, 7) is 4.99. The summed E-state index contributed by atoms with van der Waals surface area (Å²) in [5, 5.41) is 4.48. The van der Waals surface area contributed by atoms with Gasteiger partial charge in [-0.1, -0.05) is 54.5 Å². The average Bonchev–Trinajstić information content (AvgIpc) is 3.29. The minimum absolute atomic E-state index is 0.180. The van der Waals surface area contributed by atoms with Gasteiger partial charge in [-0.05, 0) is 44.0 Å². The lowest BCUT2D eigenvalue weighted by Crippen LogP contribution is -2.39. The molecule has 4 aromatic rings. The molecule has 2 aromatic carbocycles. The smallest absolute Gasteiger partial charge is 0.264 e. The van der Waals surface area contributed by atoms with Crippen LogP contribution in [0, 0.1) is 6.92 Å². The van der Waals surface area contributed by atoms with E-state index in [9.17, 15) is 9.59 Å². The number of nitrogens with zero attached hydrogens (tertiary/aromatic N) is 3. The Kier molecular flexibility index (Phi) is 7.85. The maximum atomic E-state index is 13.9. The van der Waals surface area contributed by atoms with Gasteiger partial charge in [-0.3, -0.25) is 9.59 Å². The molecule has 188 valence electrons. The number of hydrogen-bond donors (Lipinski definition) is 1. The summed E-state index contributed by atoms with van der Waals surface area (Å²) in [5.41, 5.74) is 8.75. The van der Waals surface area contributed by atoms with Crippen LogP contribution in [0.25, 0.3) is 11.0 Å². The molecule has 4 rings (SSSR count). The van der Waals surface area contributed by atoms with E-state index in [2.05, 4.69) is 5.16 Å². The number of rotatable bonds is 10. The van der Waals surface area contributed by atoms with Gasteiger partial charge in [0.05, 0.1) is 31.0 Å². The molecular formula is C28H32N4O4. The van der Waals surface area contributed by atoms with Crippen LogP contribution >= 0.6 is 0 Å². The topological polar surface area (TPSA) is 104 Å². The van der Waals surface area contributed by atoms with Gasteiger partial charge in [0.2, 0.25) is 0 Å². The maximum absolute atomic E-state index is 13.9. The third-order valence-electron chi connectivity index (χ3n) is 6.43. The zero-order valence-corrected chi connectivity index (χ0v) is 20.9. The Balaban J connectivity index is 1.89. The standard InChI is InChI=1S/C28H32N4O4/c1-4-22(31(16-10-15-29)27(33)21-13-8-9-14-24(21)35-3)23-17-25-26(19(2)30-36-25)28(34)32(23)18-20-11-6-5-7-12-20/h5-9,11-14,17,22H,4,10,15-16,18,29H2,1-3H3. The van der Waals surface area contributed by atoms with Gasteiger partial charge in [0.25, 0.3) is 11.5 Å². The summed E-state index contributed by atoms with van der Waals surface area (Å²) in [6.07, 6.45) is 1.20. The Bertz CT molecular complexity index is 1390. The Labute approximate surface area is 210 Å². The Morgan fingerprint density at radius 1 is 1.17 bits per heavy atom. The highest BCUT2D eigenvalue weighted by Crippen LogP contribution is 2.31. The van der Waals surface area contributed by atoms with Crippen molar-refractivity contribution < 1.29 is 14.1 Å². The first-order valence-electron chi connectivity index (χ1n) is 12.2. The van der Waals surface area contributed by atoms with Gasteiger partial charge >= 0.3 is 0 Å². The fraction of sp³-hybridized carbons (Fsp3) is 0.321. The van der Waals surface area contributed by atoms with E-state index in [1.807, 2.05) is 55.5 Å². The second-order valence-corrected chi connectivity index (χ2v) is 8.72. The molecule has 2 aromatic heterocycles. The molecule has 0 fully saturated rings. The first-order valence-corrected chi connectivity index (χ1v) is 12.2. The molecule has 0 aliphatic heterocycles. The molecule has 0 aliphatic carbocycles. The van der Waals surface area contributed by atoms with Crippen LogP contribution in [-0.2, 0) is 6.54 Å². The van der Waals surface area contributed by atoms with Crippen molar-refractivity contribution in [2.75, 3.05) is 20.2 Å². The second kappa shape index (κ2) is 11.2. The number of aryl methyl sites for hydroxylation is 1. The molecule has 1 amide bonds. The molecule has 2 heterocycles. The highest BCUT2D eigenvalue weighted by molar-refractivity contribution is 5.97. The number of nitrogens with two attached hydrogens (primary N) is 1. The lowest BCUT2D eigenvalue weighted by molar-refractivity contribution is 0.0657. The number of fused-ring (bicyclic) bond motifs is 1. The van der Waals surface area contributed by atoms with Crippen LogP contribution in [0.4, 0.5) is 0 Å². The van der Waals surface area contributed by atoms with Crippen LogP contribution in [0.5, 0.6) is 5.75 Å². The largest absolute Gasteiger partial charge is 0.496 e. The molecule has 36 heavy (non-hydrogen) atoms. The number of aromatic nitrogens is 2. The van der Waals surface area contributed by atoms with Crippen molar-refractivity contribution in [2.45, 2.75) is 39.3 Å². The number of carbonyl (C=O) groups excluding carboxylic acids is 1. The third kappa shape index (κ3) is 4.90. The SMILES string of the molecule is CCC(c1cc2onc(C)c2c(=O)n1Cc1ccccc1)N(CCCN)C(=O)c1ccccc1OC. The Morgan fingerprint density at radius 2 is 1.89 bits per heavy atom. The van der Waals surface area contributed by atoms with E-state index >= 15 is 0 Å². The molecule has 0 bridgehead atoms. The summed E-state index contributed by atoms with van der Waals surface area (Å²) in [5.74, 6) is 0.318. The normalized spacial score (nSPS) is 12.0. The highest BCUT2D eigenvalue weighted by Gasteiger charge is 2.30. The quantitative estimate of drug-likeness (QED) is 0.357. The van der Waals surface area contributed by atoms with Crippen molar-refractivity contribution in [3.8, 4) is 5.75 Å². The van der Waals surface area contributed by atoms with Crippen LogP contribution in [0.2, 0.25) is 0 Å². The molecule has 2 N–H and O–H groups in total. The summed E-state index contributed by atoms with van der Waals surface area (Å²) >= 11 is 0. The van der Waals surface area contributed by atoms with E-state index in [4.69, 9.17) is 15.0 Å². The molecule has 0 spiro atoms. The van der Waals surface area contributed by atoms with Gasteiger partial charge in [0, 0.05) is 18.3 Å². The number of hydrogen-bond acceptors (Lipinski definition) is 6. The fourth-order valence-corrected chi connectivity index (χ4v) is 4.64. The van der Waals surface area contributed by atoms with Crippen molar-refractivity contribution in [1.82, 2.24) is 14.6 Å². The number of carbonyl (C=O) groups is 1. The molecule has 1 unspecified atom stereocenters. The number of benzene rings is 2. The minimum atomic E-state index is -0.403. The third-order valence-corrected chi connectivity index (χ3v) is 6.43. The van der Waals surface area contributed by atoms with E-state index in [0.29, 0.717) is 66.1 Å². The van der Waals surface area contributed by atoms with Gasteiger partial charge in [0.1, 0.15) is 11.1 Å². The van der Waals surface area contributed by atoms with Crippen LogP contribution in [0.15, 0.2) is 70.0 Å². The van der Waals surface area contributed by atoms with Gasteiger partial charge in [0.15, 0.2) is 5.58 Å². The molecule has 0 aliphatic rings. The predicted octanol–water partition coefficient (Wildman–Crippen LogP) is 4.30. The zero-order valence-electron chi connectivity index (χ0n) is 20.9. The van der Waals surface area contributed by atoms with Crippen molar-refractivity contribution >= 4 is 16.9 Å². The molecule has 0 saturated heterocycles. The fourth-order valence-electron chi connectivity index (χ4n) is 4.64. The number of methoxy groups -OCH3 is 1. The second-order valence-electron chi connectivity index (χ2n) is 8.72. The molecule has 0 radical (unpaired) electrons. The van der Waals surface area contributed by atoms with Crippen molar-refractivity contribution in [2.24, 2.45) is 5.73 Å². The van der Waals surface area contributed by atoms with Gasteiger partial charge in [-0.15, -0.1) is 0 Å².